The predicted octanol–water partition coefficient (Wildman–Crippen LogP) is 1.74. The van der Waals surface area contributed by atoms with Gasteiger partial charge in [-0.3, -0.25) is 9.80 Å². The molecule has 0 radical (unpaired) electrons. The Morgan fingerprint density at radius 3 is 2.32 bits per heavy atom. The minimum absolute atomic E-state index is 0.215. The van der Waals surface area contributed by atoms with Gasteiger partial charge in [-0.2, -0.15) is 0 Å². The molecule has 1 heterocycles. The molecule has 0 amide bonds. The zero-order chi connectivity index (χ0) is 15.9. The van der Waals surface area contributed by atoms with E-state index in [1.807, 2.05) is 0 Å². The van der Waals surface area contributed by atoms with Crippen molar-refractivity contribution in [2.24, 2.45) is 0 Å². The fraction of sp³-hybridized carbons (Fsp3) is 0.667. The van der Waals surface area contributed by atoms with E-state index in [2.05, 4.69) is 42.7 Å². The van der Waals surface area contributed by atoms with Gasteiger partial charge in [0.25, 0.3) is 0 Å². The first-order valence-corrected chi connectivity index (χ1v) is 8.30. The van der Waals surface area contributed by atoms with Crippen LogP contribution in [-0.4, -0.2) is 67.5 Å². The number of benzene rings is 1. The third-order valence-electron chi connectivity index (χ3n) is 4.47. The van der Waals surface area contributed by atoms with Crippen LogP contribution in [0.3, 0.4) is 0 Å². The lowest BCUT2D eigenvalue weighted by Crippen LogP contribution is -2.42. The first-order valence-electron chi connectivity index (χ1n) is 8.30. The van der Waals surface area contributed by atoms with Gasteiger partial charge < -0.3 is 9.84 Å². The van der Waals surface area contributed by atoms with Crippen LogP contribution in [0.2, 0.25) is 0 Å². The van der Waals surface area contributed by atoms with Crippen molar-refractivity contribution in [3.63, 3.8) is 0 Å². The van der Waals surface area contributed by atoms with Crippen molar-refractivity contribution in [1.82, 2.24) is 9.80 Å². The summed E-state index contributed by atoms with van der Waals surface area (Å²) in [7, 11) is 0. The summed E-state index contributed by atoms with van der Waals surface area (Å²) >= 11 is 0. The van der Waals surface area contributed by atoms with Gasteiger partial charge >= 0.3 is 0 Å². The van der Waals surface area contributed by atoms with Crippen LogP contribution >= 0.6 is 0 Å². The van der Waals surface area contributed by atoms with Crippen molar-refractivity contribution >= 4 is 0 Å². The van der Waals surface area contributed by atoms with Gasteiger partial charge in [0.15, 0.2) is 0 Å². The minimum atomic E-state index is 0.215. The Morgan fingerprint density at radius 2 is 1.73 bits per heavy atom. The van der Waals surface area contributed by atoms with E-state index < -0.39 is 0 Å². The molecular formula is C18H30N2O2. The Hall–Kier alpha value is -0.940. The van der Waals surface area contributed by atoms with Crippen LogP contribution in [0, 0.1) is 20.8 Å². The molecule has 22 heavy (non-hydrogen) atoms. The zero-order valence-electron chi connectivity index (χ0n) is 14.3. The molecular weight excluding hydrogens is 276 g/mol. The molecule has 1 fully saturated rings. The van der Waals surface area contributed by atoms with E-state index in [9.17, 15) is 5.11 Å². The number of ether oxygens (including phenoxy) is 1. The third kappa shape index (κ3) is 5.06. The molecule has 0 aliphatic carbocycles. The molecule has 1 aliphatic heterocycles. The quantitative estimate of drug-likeness (QED) is 0.832. The summed E-state index contributed by atoms with van der Waals surface area (Å²) in [5.41, 5.74) is 5.43. The monoisotopic (exact) mass is 306 g/mol. The molecule has 0 spiro atoms. The molecule has 4 heteroatoms. The minimum Gasteiger partial charge on any atom is -0.395 e. The number of rotatable bonds is 7. The maximum absolute atomic E-state index is 9.36. The van der Waals surface area contributed by atoms with Crippen LogP contribution in [0.4, 0.5) is 0 Å². The molecule has 4 nitrogen and oxygen atoms in total. The number of morpholine rings is 1. The van der Waals surface area contributed by atoms with Crippen molar-refractivity contribution in [1.29, 1.82) is 0 Å². The Labute approximate surface area is 134 Å². The van der Waals surface area contributed by atoms with E-state index in [0.717, 1.165) is 52.5 Å². The van der Waals surface area contributed by atoms with E-state index in [4.69, 9.17) is 4.74 Å². The van der Waals surface area contributed by atoms with Gasteiger partial charge in [-0.15, -0.1) is 0 Å². The molecule has 1 aromatic carbocycles. The first-order chi connectivity index (χ1) is 10.6. The van der Waals surface area contributed by atoms with Gasteiger partial charge in [0, 0.05) is 39.3 Å². The van der Waals surface area contributed by atoms with E-state index in [0.29, 0.717) is 0 Å². The van der Waals surface area contributed by atoms with Crippen LogP contribution in [0.1, 0.15) is 22.3 Å². The fourth-order valence-corrected chi connectivity index (χ4v) is 3.20. The highest BCUT2D eigenvalue weighted by Gasteiger charge is 2.14. The lowest BCUT2D eigenvalue weighted by Gasteiger charge is -2.30. The molecule has 0 atom stereocenters. The second-order valence-corrected chi connectivity index (χ2v) is 6.33. The smallest absolute Gasteiger partial charge is 0.0594 e. The molecule has 0 unspecified atom stereocenters. The van der Waals surface area contributed by atoms with Gasteiger partial charge in [0.2, 0.25) is 0 Å². The van der Waals surface area contributed by atoms with Crippen molar-refractivity contribution in [2.75, 3.05) is 52.5 Å². The van der Waals surface area contributed by atoms with Crippen molar-refractivity contribution in [3.8, 4) is 0 Å². The molecule has 0 aromatic heterocycles. The van der Waals surface area contributed by atoms with Gasteiger partial charge in [0.05, 0.1) is 19.8 Å². The standard InChI is InChI=1S/C18H30N2O2/c1-15-12-16(2)18(17(3)13-15)14-20(6-9-21)5-4-19-7-10-22-11-8-19/h12-13,21H,4-11,14H2,1-3H3. The molecule has 1 aliphatic rings. The third-order valence-corrected chi connectivity index (χ3v) is 4.47. The summed E-state index contributed by atoms with van der Waals surface area (Å²) in [4.78, 5) is 4.81. The second kappa shape index (κ2) is 8.63. The van der Waals surface area contributed by atoms with Gasteiger partial charge in [-0.1, -0.05) is 17.7 Å². The molecule has 2 rings (SSSR count). The average molecular weight is 306 g/mol. The van der Waals surface area contributed by atoms with Crippen molar-refractivity contribution in [2.45, 2.75) is 27.3 Å². The Morgan fingerprint density at radius 1 is 1.09 bits per heavy atom. The maximum Gasteiger partial charge on any atom is 0.0594 e. The van der Waals surface area contributed by atoms with Crippen LogP contribution in [0.15, 0.2) is 12.1 Å². The summed E-state index contributed by atoms with van der Waals surface area (Å²) in [5.74, 6) is 0. The number of nitrogens with zero attached hydrogens (tertiary/aromatic N) is 2. The van der Waals surface area contributed by atoms with Crippen molar-refractivity contribution < 1.29 is 9.84 Å². The van der Waals surface area contributed by atoms with Gasteiger partial charge in [-0.25, -0.2) is 0 Å². The van der Waals surface area contributed by atoms with Gasteiger partial charge in [0.1, 0.15) is 0 Å². The maximum atomic E-state index is 9.36. The highest BCUT2D eigenvalue weighted by atomic mass is 16.5. The Kier molecular flexibility index (Phi) is 6.83. The summed E-state index contributed by atoms with van der Waals surface area (Å²) in [5, 5.41) is 9.36. The van der Waals surface area contributed by atoms with Crippen LogP contribution in [-0.2, 0) is 11.3 Å². The SMILES string of the molecule is Cc1cc(C)c(CN(CCO)CCN2CCOCC2)c(C)c1. The summed E-state index contributed by atoms with van der Waals surface area (Å²) in [6.45, 7) is 14.2. The normalized spacial score (nSPS) is 16.4. The first kappa shape index (κ1) is 17.4. The summed E-state index contributed by atoms with van der Waals surface area (Å²) < 4.78 is 5.40. The summed E-state index contributed by atoms with van der Waals surface area (Å²) in [6, 6.07) is 4.50. The number of hydrogen-bond acceptors (Lipinski definition) is 4. The highest BCUT2D eigenvalue weighted by molar-refractivity contribution is 5.37. The Bertz CT molecular complexity index is 447. The van der Waals surface area contributed by atoms with Crippen molar-refractivity contribution in [3.05, 3.63) is 34.4 Å². The number of aliphatic hydroxyl groups is 1. The molecule has 1 aromatic rings. The molecule has 1 N–H and O–H groups in total. The molecule has 1 saturated heterocycles. The molecule has 0 saturated carbocycles. The Balaban J connectivity index is 1.96. The van der Waals surface area contributed by atoms with E-state index >= 15 is 0 Å². The lowest BCUT2D eigenvalue weighted by molar-refractivity contribution is 0.0320. The topological polar surface area (TPSA) is 35.9 Å². The second-order valence-electron chi connectivity index (χ2n) is 6.33. The number of aliphatic hydroxyl groups excluding tert-OH is 1. The lowest BCUT2D eigenvalue weighted by atomic mass is 9.99. The molecule has 124 valence electrons. The van der Waals surface area contributed by atoms with Crippen LogP contribution < -0.4 is 0 Å². The highest BCUT2D eigenvalue weighted by Crippen LogP contribution is 2.18. The fourth-order valence-electron chi connectivity index (χ4n) is 3.20. The van der Waals surface area contributed by atoms with Crippen LogP contribution in [0.5, 0.6) is 0 Å². The predicted molar refractivity (Wildman–Crippen MR) is 90.3 cm³/mol. The van der Waals surface area contributed by atoms with Gasteiger partial charge in [-0.05, 0) is 37.5 Å². The van der Waals surface area contributed by atoms with Crippen LogP contribution in [0.25, 0.3) is 0 Å². The van der Waals surface area contributed by atoms with E-state index in [-0.39, 0.29) is 6.61 Å². The van der Waals surface area contributed by atoms with E-state index in [1.54, 1.807) is 0 Å². The van der Waals surface area contributed by atoms with E-state index in [1.165, 1.54) is 22.3 Å². The average Bonchev–Trinajstić information content (AvgIpc) is 2.49. The zero-order valence-corrected chi connectivity index (χ0v) is 14.3. The largest absolute Gasteiger partial charge is 0.395 e. The molecule has 0 bridgehead atoms. The number of aryl methyl sites for hydroxylation is 3. The number of hydrogen-bond donors (Lipinski definition) is 1. The summed E-state index contributed by atoms with van der Waals surface area (Å²) in [6.07, 6.45) is 0.